The normalized spacial score (nSPS) is 10.3. The molecule has 0 aliphatic rings. The van der Waals surface area contributed by atoms with Gasteiger partial charge in [-0.2, -0.15) is 0 Å². The number of rotatable bonds is 1. The van der Waals surface area contributed by atoms with Crippen LogP contribution in [0.4, 0.5) is 10.1 Å². The zero-order chi connectivity index (χ0) is 10.8. The molecule has 3 heteroatoms. The van der Waals surface area contributed by atoms with Gasteiger partial charge in [0.25, 0.3) is 0 Å². The van der Waals surface area contributed by atoms with E-state index in [1.807, 2.05) is 25.1 Å². The lowest BCUT2D eigenvalue weighted by atomic mass is 10.0. The highest BCUT2D eigenvalue weighted by atomic mass is 19.1. The van der Waals surface area contributed by atoms with E-state index in [2.05, 4.69) is 4.98 Å². The van der Waals surface area contributed by atoms with Crippen molar-refractivity contribution in [3.63, 3.8) is 0 Å². The molecule has 0 fully saturated rings. The highest BCUT2D eigenvalue weighted by Crippen LogP contribution is 2.25. The van der Waals surface area contributed by atoms with Gasteiger partial charge in [0.05, 0.1) is 11.4 Å². The lowest BCUT2D eigenvalue weighted by molar-refractivity contribution is 0.631. The number of anilines is 1. The van der Waals surface area contributed by atoms with Gasteiger partial charge in [0.15, 0.2) is 0 Å². The van der Waals surface area contributed by atoms with E-state index in [1.54, 1.807) is 12.3 Å². The molecule has 0 radical (unpaired) electrons. The number of nitrogen functional groups attached to an aromatic ring is 1. The Morgan fingerprint density at radius 2 is 2.07 bits per heavy atom. The van der Waals surface area contributed by atoms with Gasteiger partial charge in [-0.25, -0.2) is 4.39 Å². The molecule has 0 aliphatic heterocycles. The summed E-state index contributed by atoms with van der Waals surface area (Å²) < 4.78 is 13.1. The fourth-order valence-electron chi connectivity index (χ4n) is 1.49. The van der Waals surface area contributed by atoms with Gasteiger partial charge in [0.2, 0.25) is 0 Å². The Labute approximate surface area is 87.6 Å². The van der Waals surface area contributed by atoms with E-state index in [4.69, 9.17) is 5.73 Å². The first-order chi connectivity index (χ1) is 7.18. The van der Waals surface area contributed by atoms with Crippen LogP contribution in [0.2, 0.25) is 0 Å². The van der Waals surface area contributed by atoms with Crippen molar-refractivity contribution in [1.82, 2.24) is 4.98 Å². The van der Waals surface area contributed by atoms with Crippen LogP contribution in [0.1, 0.15) is 5.56 Å². The number of halogens is 1. The maximum Gasteiger partial charge on any atom is 0.146 e. The first-order valence-electron chi connectivity index (χ1n) is 4.65. The Morgan fingerprint density at radius 3 is 2.73 bits per heavy atom. The minimum atomic E-state index is -0.382. The molecular weight excluding hydrogens is 191 g/mol. The van der Waals surface area contributed by atoms with Crippen LogP contribution >= 0.6 is 0 Å². The number of aromatic nitrogens is 1. The minimum Gasteiger partial charge on any atom is -0.396 e. The average molecular weight is 202 g/mol. The number of pyridine rings is 1. The first-order valence-corrected chi connectivity index (χ1v) is 4.65. The molecule has 0 unspecified atom stereocenters. The lowest BCUT2D eigenvalue weighted by Gasteiger charge is -2.06. The molecule has 0 amide bonds. The topological polar surface area (TPSA) is 38.9 Å². The molecule has 2 nitrogen and oxygen atoms in total. The summed E-state index contributed by atoms with van der Waals surface area (Å²) in [6.07, 6.45) is 1.70. The van der Waals surface area contributed by atoms with Crippen molar-refractivity contribution in [2.45, 2.75) is 6.92 Å². The second-order valence-corrected chi connectivity index (χ2v) is 3.40. The monoisotopic (exact) mass is 202 g/mol. The number of benzene rings is 1. The lowest BCUT2D eigenvalue weighted by Crippen LogP contribution is -1.94. The van der Waals surface area contributed by atoms with Crippen molar-refractivity contribution in [2.24, 2.45) is 0 Å². The van der Waals surface area contributed by atoms with Gasteiger partial charge in [-0.1, -0.05) is 6.07 Å². The zero-order valence-corrected chi connectivity index (χ0v) is 8.37. The zero-order valence-electron chi connectivity index (χ0n) is 8.37. The van der Waals surface area contributed by atoms with Gasteiger partial charge in [-0.3, -0.25) is 4.98 Å². The molecule has 1 aromatic carbocycles. The number of nitrogens with two attached hydrogens (primary N) is 1. The number of hydrogen-bond donors (Lipinski definition) is 1. The van der Waals surface area contributed by atoms with Crippen LogP contribution in [0.25, 0.3) is 11.3 Å². The predicted molar refractivity (Wildman–Crippen MR) is 58.8 cm³/mol. The Morgan fingerprint density at radius 1 is 1.27 bits per heavy atom. The van der Waals surface area contributed by atoms with Crippen molar-refractivity contribution >= 4 is 5.69 Å². The molecule has 0 saturated heterocycles. The van der Waals surface area contributed by atoms with E-state index >= 15 is 0 Å². The number of hydrogen-bond acceptors (Lipinski definition) is 2. The summed E-state index contributed by atoms with van der Waals surface area (Å²) in [5.41, 5.74) is 8.19. The van der Waals surface area contributed by atoms with Crippen molar-refractivity contribution in [1.29, 1.82) is 0 Å². The molecule has 0 saturated carbocycles. The highest BCUT2D eigenvalue weighted by Gasteiger charge is 2.06. The van der Waals surface area contributed by atoms with Crippen LogP contribution in [0.15, 0.2) is 36.5 Å². The van der Waals surface area contributed by atoms with Gasteiger partial charge >= 0.3 is 0 Å². The molecule has 76 valence electrons. The molecule has 2 rings (SSSR count). The van der Waals surface area contributed by atoms with E-state index < -0.39 is 0 Å². The van der Waals surface area contributed by atoms with Crippen LogP contribution < -0.4 is 5.73 Å². The number of nitrogens with zero attached hydrogens (tertiary/aromatic N) is 1. The Kier molecular flexibility index (Phi) is 2.37. The summed E-state index contributed by atoms with van der Waals surface area (Å²) in [5, 5.41) is 0. The second kappa shape index (κ2) is 3.69. The highest BCUT2D eigenvalue weighted by molar-refractivity contribution is 5.68. The molecule has 0 spiro atoms. The quantitative estimate of drug-likeness (QED) is 0.722. The summed E-state index contributed by atoms with van der Waals surface area (Å²) in [6, 6.07) is 8.65. The molecule has 0 bridgehead atoms. The fourth-order valence-corrected chi connectivity index (χ4v) is 1.49. The Balaban J connectivity index is 2.59. The maximum atomic E-state index is 13.1. The molecule has 2 N–H and O–H groups in total. The molecule has 1 aromatic heterocycles. The van der Waals surface area contributed by atoms with Crippen LogP contribution in [0.3, 0.4) is 0 Å². The van der Waals surface area contributed by atoms with E-state index in [-0.39, 0.29) is 11.5 Å². The SMILES string of the molecule is Cc1cc(F)c(N)cc1-c1ccccn1. The van der Waals surface area contributed by atoms with Gasteiger partial charge in [0.1, 0.15) is 5.82 Å². The van der Waals surface area contributed by atoms with Crippen molar-refractivity contribution in [3.05, 3.63) is 47.9 Å². The molecule has 15 heavy (non-hydrogen) atoms. The Bertz CT molecular complexity index is 480. The maximum absolute atomic E-state index is 13.1. The van der Waals surface area contributed by atoms with E-state index in [9.17, 15) is 4.39 Å². The third-order valence-corrected chi connectivity index (χ3v) is 2.28. The third kappa shape index (κ3) is 1.81. The predicted octanol–water partition coefficient (Wildman–Crippen LogP) is 2.78. The first kappa shape index (κ1) is 9.65. The van der Waals surface area contributed by atoms with Crippen LogP contribution in [0, 0.1) is 12.7 Å². The van der Waals surface area contributed by atoms with E-state index in [1.165, 1.54) is 6.07 Å². The second-order valence-electron chi connectivity index (χ2n) is 3.40. The van der Waals surface area contributed by atoms with E-state index in [0.717, 1.165) is 16.8 Å². The van der Waals surface area contributed by atoms with Gasteiger partial charge < -0.3 is 5.73 Å². The summed E-state index contributed by atoms with van der Waals surface area (Å²) >= 11 is 0. The molecule has 2 aromatic rings. The van der Waals surface area contributed by atoms with Crippen molar-refractivity contribution in [2.75, 3.05) is 5.73 Å². The van der Waals surface area contributed by atoms with Crippen molar-refractivity contribution < 1.29 is 4.39 Å². The molecular formula is C12H11FN2. The standard InChI is InChI=1S/C12H11FN2/c1-8-6-10(13)11(14)7-9(8)12-4-2-3-5-15-12/h2-7H,14H2,1H3. The van der Waals surface area contributed by atoms with Crippen LogP contribution in [-0.4, -0.2) is 4.98 Å². The van der Waals surface area contributed by atoms with Crippen molar-refractivity contribution in [3.8, 4) is 11.3 Å². The molecule has 1 heterocycles. The van der Waals surface area contributed by atoms with Gasteiger partial charge in [0, 0.05) is 11.8 Å². The van der Waals surface area contributed by atoms with Gasteiger partial charge in [-0.15, -0.1) is 0 Å². The summed E-state index contributed by atoms with van der Waals surface area (Å²) in [4.78, 5) is 4.20. The minimum absolute atomic E-state index is 0.154. The summed E-state index contributed by atoms with van der Waals surface area (Å²) in [7, 11) is 0. The van der Waals surface area contributed by atoms with Crippen LogP contribution in [-0.2, 0) is 0 Å². The number of aryl methyl sites for hydroxylation is 1. The fraction of sp³-hybridized carbons (Fsp3) is 0.0833. The van der Waals surface area contributed by atoms with Gasteiger partial charge in [-0.05, 0) is 36.8 Å². The largest absolute Gasteiger partial charge is 0.396 e. The summed E-state index contributed by atoms with van der Waals surface area (Å²) in [6.45, 7) is 1.84. The smallest absolute Gasteiger partial charge is 0.146 e. The molecule has 0 atom stereocenters. The average Bonchev–Trinajstić information content (AvgIpc) is 2.25. The van der Waals surface area contributed by atoms with E-state index in [0.29, 0.717) is 0 Å². The third-order valence-electron chi connectivity index (χ3n) is 2.28. The summed E-state index contributed by atoms with van der Waals surface area (Å²) in [5.74, 6) is -0.382. The van der Waals surface area contributed by atoms with Crippen LogP contribution in [0.5, 0.6) is 0 Å². The molecule has 0 aliphatic carbocycles. The Hall–Kier alpha value is -1.90.